The van der Waals surface area contributed by atoms with E-state index in [4.69, 9.17) is 9.84 Å². The maximum atomic E-state index is 11.6. The molecule has 0 saturated carbocycles. The Morgan fingerprint density at radius 1 is 1.45 bits per heavy atom. The van der Waals surface area contributed by atoms with Crippen molar-refractivity contribution >= 4 is 27.1 Å². The molecule has 108 valence electrons. The van der Waals surface area contributed by atoms with Crippen LogP contribution >= 0.6 is 15.9 Å². The number of aromatic nitrogens is 4. The van der Waals surface area contributed by atoms with Crippen molar-refractivity contribution in [3.8, 4) is 0 Å². The van der Waals surface area contributed by atoms with Gasteiger partial charge in [0.05, 0.1) is 12.9 Å². The van der Waals surface area contributed by atoms with Crippen LogP contribution < -0.4 is 5.56 Å². The standard InChI is InChI=1S/C10H11BrN4O5/c11-10-14-4-7(12-2-13-8(4)19)15(10)9-6(18)5(17)3(1-16)20-9/h2-3,5-6,9,16-18H,1H2,(H,12,13,19)/t3-,5-,6-,9-/m0/s1. The van der Waals surface area contributed by atoms with E-state index in [1.165, 1.54) is 10.9 Å². The number of hydrogen-bond donors (Lipinski definition) is 4. The van der Waals surface area contributed by atoms with Crippen LogP contribution in [0, 0.1) is 0 Å². The van der Waals surface area contributed by atoms with Gasteiger partial charge in [0.1, 0.15) is 18.3 Å². The fraction of sp³-hybridized carbons (Fsp3) is 0.500. The topological polar surface area (TPSA) is 133 Å². The number of imidazole rings is 1. The number of fused-ring (bicyclic) bond motifs is 1. The van der Waals surface area contributed by atoms with Crippen LogP contribution in [0.25, 0.3) is 11.2 Å². The molecule has 3 heterocycles. The van der Waals surface area contributed by atoms with Gasteiger partial charge in [0, 0.05) is 0 Å². The number of halogens is 1. The molecule has 20 heavy (non-hydrogen) atoms. The second-order valence-electron chi connectivity index (χ2n) is 4.38. The summed E-state index contributed by atoms with van der Waals surface area (Å²) >= 11 is 3.17. The van der Waals surface area contributed by atoms with Gasteiger partial charge >= 0.3 is 0 Å². The lowest BCUT2D eigenvalue weighted by Gasteiger charge is -2.17. The minimum atomic E-state index is -1.28. The van der Waals surface area contributed by atoms with E-state index in [1.807, 2.05) is 0 Å². The molecule has 1 aliphatic heterocycles. The van der Waals surface area contributed by atoms with Crippen molar-refractivity contribution < 1.29 is 20.1 Å². The van der Waals surface area contributed by atoms with E-state index in [1.54, 1.807) is 0 Å². The Morgan fingerprint density at radius 2 is 2.20 bits per heavy atom. The number of rotatable bonds is 2. The molecule has 1 fully saturated rings. The second-order valence-corrected chi connectivity index (χ2v) is 5.09. The molecule has 0 aromatic carbocycles. The lowest BCUT2D eigenvalue weighted by Crippen LogP contribution is -2.33. The predicted molar refractivity (Wildman–Crippen MR) is 68.9 cm³/mol. The lowest BCUT2D eigenvalue weighted by molar-refractivity contribution is -0.0521. The van der Waals surface area contributed by atoms with E-state index in [-0.39, 0.29) is 15.9 Å². The summed E-state index contributed by atoms with van der Waals surface area (Å²) in [7, 11) is 0. The van der Waals surface area contributed by atoms with Crippen LogP contribution in [0.1, 0.15) is 6.23 Å². The summed E-state index contributed by atoms with van der Waals surface area (Å²) in [5.74, 6) is 0. The summed E-state index contributed by atoms with van der Waals surface area (Å²) in [5, 5.41) is 28.9. The van der Waals surface area contributed by atoms with E-state index in [2.05, 4.69) is 30.9 Å². The van der Waals surface area contributed by atoms with Gasteiger partial charge in [-0.2, -0.15) is 0 Å². The third kappa shape index (κ3) is 1.88. The van der Waals surface area contributed by atoms with Gasteiger partial charge in [0.2, 0.25) is 0 Å². The monoisotopic (exact) mass is 346 g/mol. The highest BCUT2D eigenvalue weighted by molar-refractivity contribution is 9.10. The molecule has 0 radical (unpaired) electrons. The smallest absolute Gasteiger partial charge is 0.278 e. The van der Waals surface area contributed by atoms with Crippen molar-refractivity contribution in [2.24, 2.45) is 0 Å². The van der Waals surface area contributed by atoms with Gasteiger partial charge in [0.15, 0.2) is 22.1 Å². The Hall–Kier alpha value is -1.33. The van der Waals surface area contributed by atoms with E-state index >= 15 is 0 Å². The molecule has 0 aliphatic carbocycles. The van der Waals surface area contributed by atoms with Crippen molar-refractivity contribution in [2.75, 3.05) is 6.61 Å². The van der Waals surface area contributed by atoms with Crippen LogP contribution in [0.4, 0.5) is 0 Å². The van der Waals surface area contributed by atoms with Crippen LogP contribution in [-0.2, 0) is 4.74 Å². The Kier molecular flexibility index (Phi) is 3.34. The fourth-order valence-corrected chi connectivity index (χ4v) is 2.76. The molecule has 0 spiro atoms. The number of hydrogen-bond acceptors (Lipinski definition) is 7. The summed E-state index contributed by atoms with van der Waals surface area (Å²) in [6.45, 7) is -0.438. The van der Waals surface area contributed by atoms with Crippen molar-refractivity contribution in [1.29, 1.82) is 0 Å². The molecule has 1 saturated heterocycles. The number of aromatic amines is 1. The van der Waals surface area contributed by atoms with Gasteiger partial charge in [-0.1, -0.05) is 0 Å². The Morgan fingerprint density at radius 3 is 2.85 bits per heavy atom. The molecule has 0 amide bonds. The SMILES string of the molecule is O=c1[nH]cnc2c1nc(Br)n2[C@H]1O[C@@H](CO)[C@H](O)[C@@H]1O. The summed E-state index contributed by atoms with van der Waals surface area (Å²) in [5.41, 5.74) is -0.145. The highest BCUT2D eigenvalue weighted by Crippen LogP contribution is 2.33. The highest BCUT2D eigenvalue weighted by Gasteiger charge is 2.44. The van der Waals surface area contributed by atoms with Gasteiger partial charge in [0.25, 0.3) is 5.56 Å². The van der Waals surface area contributed by atoms with Crippen molar-refractivity contribution in [1.82, 2.24) is 19.5 Å². The first-order valence-corrected chi connectivity index (χ1v) is 6.57. The van der Waals surface area contributed by atoms with Crippen LogP contribution in [0.15, 0.2) is 15.9 Å². The van der Waals surface area contributed by atoms with Gasteiger partial charge in [-0.25, -0.2) is 9.97 Å². The Labute approximate surface area is 120 Å². The number of H-pyrrole nitrogens is 1. The summed E-state index contributed by atoms with van der Waals surface area (Å²) in [4.78, 5) is 22.0. The van der Waals surface area contributed by atoms with Gasteiger partial charge in [-0.05, 0) is 15.9 Å². The average molecular weight is 347 g/mol. The molecule has 4 N–H and O–H groups in total. The number of ether oxygens (including phenoxy) is 1. The van der Waals surface area contributed by atoms with Crippen LogP contribution in [0.5, 0.6) is 0 Å². The minimum Gasteiger partial charge on any atom is -0.394 e. The van der Waals surface area contributed by atoms with E-state index in [0.717, 1.165) is 0 Å². The first-order chi connectivity index (χ1) is 9.54. The van der Waals surface area contributed by atoms with Gasteiger partial charge in [-0.15, -0.1) is 0 Å². The highest BCUT2D eigenvalue weighted by atomic mass is 79.9. The van der Waals surface area contributed by atoms with E-state index in [9.17, 15) is 15.0 Å². The average Bonchev–Trinajstić information content (AvgIpc) is 2.90. The Bertz CT molecular complexity index is 701. The molecule has 4 atom stereocenters. The number of nitrogens with one attached hydrogen (secondary N) is 1. The molecule has 0 bridgehead atoms. The molecule has 2 aromatic heterocycles. The van der Waals surface area contributed by atoms with Crippen molar-refractivity contribution in [2.45, 2.75) is 24.5 Å². The zero-order chi connectivity index (χ0) is 14.4. The van der Waals surface area contributed by atoms with Gasteiger partial charge < -0.3 is 25.0 Å². The summed E-state index contributed by atoms with van der Waals surface area (Å²) in [6.07, 6.45) is -3.23. The third-order valence-electron chi connectivity index (χ3n) is 3.21. The fourth-order valence-electron chi connectivity index (χ4n) is 2.21. The van der Waals surface area contributed by atoms with E-state index < -0.39 is 36.7 Å². The molecule has 0 unspecified atom stereocenters. The van der Waals surface area contributed by atoms with Crippen LogP contribution in [0.3, 0.4) is 0 Å². The quantitative estimate of drug-likeness (QED) is 0.486. The first kappa shape index (κ1) is 13.6. The number of aliphatic hydroxyl groups is 3. The van der Waals surface area contributed by atoms with Gasteiger partial charge in [-0.3, -0.25) is 9.36 Å². The Balaban J connectivity index is 2.14. The molecular weight excluding hydrogens is 336 g/mol. The molecule has 3 rings (SSSR count). The molecule has 2 aromatic rings. The number of nitrogens with zero attached hydrogens (tertiary/aromatic N) is 3. The zero-order valence-electron chi connectivity index (χ0n) is 9.97. The maximum Gasteiger partial charge on any atom is 0.278 e. The predicted octanol–water partition coefficient (Wildman–Crippen LogP) is -1.51. The zero-order valence-corrected chi connectivity index (χ0v) is 11.6. The largest absolute Gasteiger partial charge is 0.394 e. The molecule has 9 nitrogen and oxygen atoms in total. The van der Waals surface area contributed by atoms with Crippen molar-refractivity contribution in [3.05, 3.63) is 21.4 Å². The third-order valence-corrected chi connectivity index (χ3v) is 3.77. The molecule has 10 heteroatoms. The summed E-state index contributed by atoms with van der Waals surface area (Å²) < 4.78 is 6.98. The lowest BCUT2D eigenvalue weighted by atomic mass is 10.1. The second kappa shape index (κ2) is 4.90. The molecule has 1 aliphatic rings. The van der Waals surface area contributed by atoms with E-state index in [0.29, 0.717) is 0 Å². The van der Waals surface area contributed by atoms with Crippen molar-refractivity contribution in [3.63, 3.8) is 0 Å². The van der Waals surface area contributed by atoms with Crippen LogP contribution in [0.2, 0.25) is 0 Å². The normalized spacial score (nSPS) is 30.2. The number of aliphatic hydroxyl groups excluding tert-OH is 3. The maximum absolute atomic E-state index is 11.6. The van der Waals surface area contributed by atoms with Crippen LogP contribution in [-0.4, -0.2) is 59.8 Å². The summed E-state index contributed by atoms with van der Waals surface area (Å²) in [6, 6.07) is 0. The first-order valence-electron chi connectivity index (χ1n) is 5.78. The minimum absolute atomic E-state index is 0.0807. The molecular formula is C10H11BrN4O5.